The van der Waals surface area contributed by atoms with E-state index < -0.39 is 4.92 Å². The van der Waals surface area contributed by atoms with Crippen LogP contribution in [0.15, 0.2) is 71.4 Å². The highest BCUT2D eigenvalue weighted by atomic mass is 16.6. The minimum absolute atomic E-state index is 0.0357. The fraction of sp³-hybridized carbons (Fsp3) is 0.125. The van der Waals surface area contributed by atoms with E-state index in [0.717, 1.165) is 12.2 Å². The van der Waals surface area contributed by atoms with Gasteiger partial charge in [-0.2, -0.15) is 10.2 Å². The van der Waals surface area contributed by atoms with Crippen molar-refractivity contribution in [2.45, 2.75) is 0 Å². The van der Waals surface area contributed by atoms with Crippen LogP contribution >= 0.6 is 0 Å². The Hall–Kier alpha value is -3.02. The third-order valence-corrected chi connectivity index (χ3v) is 3.03. The van der Waals surface area contributed by atoms with Crippen LogP contribution in [0.4, 0.5) is 22.7 Å². The quantitative estimate of drug-likeness (QED) is 0.337. The summed E-state index contributed by atoms with van der Waals surface area (Å²) in [5, 5.41) is 18.7. The first kappa shape index (κ1) is 15.4. The van der Waals surface area contributed by atoms with E-state index in [9.17, 15) is 10.1 Å². The van der Waals surface area contributed by atoms with Crippen molar-refractivity contribution in [2.75, 3.05) is 18.5 Å². The summed E-state index contributed by atoms with van der Waals surface area (Å²) in [6.45, 7) is 4.47. The van der Waals surface area contributed by atoms with E-state index in [4.69, 9.17) is 0 Å². The number of rotatable bonds is 6. The number of hydrogen-bond acceptors (Lipinski definition) is 5. The molecule has 0 fully saturated rings. The molecule has 0 aromatic heterocycles. The number of anilines is 1. The molecule has 0 saturated heterocycles. The fourth-order valence-corrected chi connectivity index (χ4v) is 1.83. The van der Waals surface area contributed by atoms with Crippen molar-refractivity contribution in [3.63, 3.8) is 0 Å². The second-order valence-electron chi connectivity index (χ2n) is 4.66. The van der Waals surface area contributed by atoms with E-state index in [-0.39, 0.29) is 5.69 Å². The normalized spacial score (nSPS) is 10.6. The molecule has 0 heterocycles. The third kappa shape index (κ3) is 3.99. The Morgan fingerprint density at radius 1 is 1.09 bits per heavy atom. The number of nitro groups is 1. The van der Waals surface area contributed by atoms with Gasteiger partial charge in [-0.1, -0.05) is 6.08 Å². The SMILES string of the molecule is C=CCN(C)c1ccc(/N=N/c2ccc([N+](=O)[O-])cc2)cc1. The van der Waals surface area contributed by atoms with E-state index in [1.807, 2.05) is 37.4 Å². The zero-order valence-electron chi connectivity index (χ0n) is 12.2. The first-order valence-corrected chi connectivity index (χ1v) is 6.68. The summed E-state index contributed by atoms with van der Waals surface area (Å²) >= 11 is 0. The summed E-state index contributed by atoms with van der Waals surface area (Å²) in [7, 11) is 1.98. The zero-order chi connectivity index (χ0) is 15.9. The number of hydrogen-bond donors (Lipinski definition) is 0. The minimum Gasteiger partial charge on any atom is -0.371 e. The van der Waals surface area contributed by atoms with Gasteiger partial charge in [-0.3, -0.25) is 10.1 Å². The average Bonchev–Trinajstić information content (AvgIpc) is 2.54. The lowest BCUT2D eigenvalue weighted by Gasteiger charge is -2.16. The topological polar surface area (TPSA) is 71.1 Å². The van der Waals surface area contributed by atoms with Crippen LogP contribution in [0.3, 0.4) is 0 Å². The fourth-order valence-electron chi connectivity index (χ4n) is 1.83. The first-order valence-electron chi connectivity index (χ1n) is 6.68. The van der Waals surface area contributed by atoms with Crippen LogP contribution in [0.2, 0.25) is 0 Å². The number of nitro benzene ring substituents is 1. The van der Waals surface area contributed by atoms with Gasteiger partial charge in [0.2, 0.25) is 0 Å². The Morgan fingerprint density at radius 2 is 1.59 bits per heavy atom. The number of azo groups is 1. The summed E-state index contributed by atoms with van der Waals surface area (Å²) in [6.07, 6.45) is 1.84. The van der Waals surface area contributed by atoms with E-state index in [1.165, 1.54) is 12.1 Å². The zero-order valence-corrected chi connectivity index (χ0v) is 12.2. The monoisotopic (exact) mass is 296 g/mol. The molecule has 2 rings (SSSR count). The highest BCUT2D eigenvalue weighted by molar-refractivity contribution is 5.53. The van der Waals surface area contributed by atoms with Gasteiger partial charge < -0.3 is 4.90 Å². The molecule has 6 nitrogen and oxygen atoms in total. The molecule has 0 amide bonds. The highest BCUT2D eigenvalue weighted by Crippen LogP contribution is 2.23. The van der Waals surface area contributed by atoms with Crippen LogP contribution in [0, 0.1) is 10.1 Å². The van der Waals surface area contributed by atoms with Gasteiger partial charge in [-0.25, -0.2) is 0 Å². The minimum atomic E-state index is -0.445. The van der Waals surface area contributed by atoms with Gasteiger partial charge >= 0.3 is 0 Å². The highest BCUT2D eigenvalue weighted by Gasteiger charge is 2.03. The second kappa shape index (κ2) is 7.12. The number of nitrogens with zero attached hydrogens (tertiary/aromatic N) is 4. The Labute approximate surface area is 128 Å². The van der Waals surface area contributed by atoms with E-state index in [1.54, 1.807) is 12.1 Å². The van der Waals surface area contributed by atoms with Crippen molar-refractivity contribution < 1.29 is 4.92 Å². The molecule has 0 radical (unpaired) electrons. The van der Waals surface area contributed by atoms with Crippen LogP contribution in [0.25, 0.3) is 0 Å². The Kier molecular flexibility index (Phi) is 4.98. The maximum atomic E-state index is 10.6. The van der Waals surface area contributed by atoms with Crippen molar-refractivity contribution in [3.05, 3.63) is 71.3 Å². The standard InChI is InChI=1S/C16H16N4O2/c1-3-12-19(2)15-8-4-13(5-9-15)17-18-14-6-10-16(11-7-14)20(21)22/h3-11H,1,12H2,2H3/b18-17+. The molecule has 2 aromatic carbocycles. The van der Waals surface area contributed by atoms with Crippen LogP contribution in [-0.2, 0) is 0 Å². The molecule has 0 spiro atoms. The van der Waals surface area contributed by atoms with E-state index in [2.05, 4.69) is 21.7 Å². The van der Waals surface area contributed by atoms with Gasteiger partial charge in [0, 0.05) is 31.4 Å². The molecule has 0 bridgehead atoms. The molecular formula is C16H16N4O2. The molecule has 0 atom stereocenters. The predicted molar refractivity (Wildman–Crippen MR) is 87.2 cm³/mol. The van der Waals surface area contributed by atoms with Crippen LogP contribution < -0.4 is 4.90 Å². The van der Waals surface area contributed by atoms with Gasteiger partial charge in [-0.05, 0) is 36.4 Å². The molecule has 0 saturated carbocycles. The van der Waals surface area contributed by atoms with Gasteiger partial charge in [0.15, 0.2) is 0 Å². The summed E-state index contributed by atoms with van der Waals surface area (Å²) in [4.78, 5) is 12.2. The summed E-state index contributed by atoms with van der Waals surface area (Å²) < 4.78 is 0. The van der Waals surface area contributed by atoms with Crippen molar-refractivity contribution in [3.8, 4) is 0 Å². The molecule has 22 heavy (non-hydrogen) atoms. The summed E-state index contributed by atoms with van der Waals surface area (Å²) in [6, 6.07) is 13.6. The van der Waals surface area contributed by atoms with Crippen molar-refractivity contribution in [1.82, 2.24) is 0 Å². The van der Waals surface area contributed by atoms with E-state index >= 15 is 0 Å². The third-order valence-electron chi connectivity index (χ3n) is 3.03. The lowest BCUT2D eigenvalue weighted by atomic mass is 10.2. The van der Waals surface area contributed by atoms with E-state index in [0.29, 0.717) is 11.4 Å². The van der Waals surface area contributed by atoms with Gasteiger partial charge in [-0.15, -0.1) is 6.58 Å². The molecule has 0 aliphatic heterocycles. The van der Waals surface area contributed by atoms with Crippen molar-refractivity contribution >= 4 is 22.7 Å². The Balaban J connectivity index is 2.06. The Bertz CT molecular complexity index is 678. The second-order valence-corrected chi connectivity index (χ2v) is 4.66. The lowest BCUT2D eigenvalue weighted by Crippen LogP contribution is -2.15. The maximum Gasteiger partial charge on any atom is 0.269 e. The van der Waals surface area contributed by atoms with Crippen LogP contribution in [0.5, 0.6) is 0 Å². The molecule has 112 valence electrons. The number of benzene rings is 2. The summed E-state index contributed by atoms with van der Waals surface area (Å²) in [5.74, 6) is 0. The van der Waals surface area contributed by atoms with Gasteiger partial charge in [0.05, 0.1) is 16.3 Å². The molecule has 0 unspecified atom stereocenters. The number of likely N-dealkylation sites (N-methyl/N-ethyl adjacent to an activating group) is 1. The smallest absolute Gasteiger partial charge is 0.269 e. The largest absolute Gasteiger partial charge is 0.371 e. The molecular weight excluding hydrogens is 280 g/mol. The maximum absolute atomic E-state index is 10.6. The molecule has 6 heteroatoms. The molecule has 2 aromatic rings. The lowest BCUT2D eigenvalue weighted by molar-refractivity contribution is -0.384. The Morgan fingerprint density at radius 3 is 2.05 bits per heavy atom. The van der Waals surface area contributed by atoms with Crippen LogP contribution in [0.1, 0.15) is 0 Å². The number of non-ortho nitro benzene ring substituents is 1. The van der Waals surface area contributed by atoms with Crippen molar-refractivity contribution in [2.24, 2.45) is 10.2 Å². The molecule has 0 aliphatic carbocycles. The first-order chi connectivity index (χ1) is 10.6. The molecule has 0 aliphatic rings. The van der Waals surface area contributed by atoms with Crippen LogP contribution in [-0.4, -0.2) is 18.5 Å². The predicted octanol–water partition coefficient (Wildman–Crippen LogP) is 4.63. The van der Waals surface area contributed by atoms with Crippen molar-refractivity contribution in [1.29, 1.82) is 0 Å². The van der Waals surface area contributed by atoms with Gasteiger partial charge in [0.25, 0.3) is 5.69 Å². The molecule has 0 N–H and O–H groups in total. The summed E-state index contributed by atoms with van der Waals surface area (Å²) in [5.41, 5.74) is 2.38. The van der Waals surface area contributed by atoms with Gasteiger partial charge in [0.1, 0.15) is 0 Å². The average molecular weight is 296 g/mol.